The first-order valence-corrected chi connectivity index (χ1v) is 5.72. The molecule has 18 heavy (non-hydrogen) atoms. The number of nitrogens with zero attached hydrogens (tertiary/aromatic N) is 1. The van der Waals surface area contributed by atoms with Gasteiger partial charge in [0.1, 0.15) is 0 Å². The van der Waals surface area contributed by atoms with E-state index in [0.717, 1.165) is 12.5 Å². The lowest BCUT2D eigenvalue weighted by Crippen LogP contribution is -2.09. The summed E-state index contributed by atoms with van der Waals surface area (Å²) in [5.41, 5.74) is 1.61. The maximum atomic E-state index is 12.6. The van der Waals surface area contributed by atoms with Crippen LogP contribution in [0.5, 0.6) is 0 Å². The molecule has 1 nitrogen and oxygen atoms in total. The van der Waals surface area contributed by atoms with Gasteiger partial charge in [-0.15, -0.1) is 0 Å². The van der Waals surface area contributed by atoms with Crippen molar-refractivity contribution in [3.63, 3.8) is 0 Å². The average molecular weight is 255 g/mol. The van der Waals surface area contributed by atoms with Crippen molar-refractivity contribution in [1.29, 1.82) is 0 Å². The van der Waals surface area contributed by atoms with Gasteiger partial charge in [0.2, 0.25) is 0 Å². The van der Waals surface area contributed by atoms with Gasteiger partial charge in [0.25, 0.3) is 0 Å². The van der Waals surface area contributed by atoms with E-state index in [-0.39, 0.29) is 0 Å². The molecule has 0 bridgehead atoms. The fraction of sp³-hybridized carbons (Fsp3) is 0.357. The number of halogens is 3. The number of aromatic nitrogens is 1. The highest BCUT2D eigenvalue weighted by Crippen LogP contribution is 2.30. The van der Waals surface area contributed by atoms with Crippen LogP contribution in [0.1, 0.15) is 32.8 Å². The molecule has 0 aliphatic heterocycles. The smallest absolute Gasteiger partial charge is 0.264 e. The highest BCUT2D eigenvalue weighted by atomic mass is 19.4. The highest BCUT2D eigenvalue weighted by molar-refractivity contribution is 5.76. The highest BCUT2D eigenvalue weighted by Gasteiger charge is 2.30. The van der Waals surface area contributed by atoms with Crippen molar-refractivity contribution >= 4 is 5.57 Å². The Kier molecular flexibility index (Phi) is 4.70. The van der Waals surface area contributed by atoms with E-state index in [1.807, 2.05) is 13.8 Å². The third kappa shape index (κ3) is 3.72. The molecule has 4 heteroatoms. The predicted molar refractivity (Wildman–Crippen MR) is 66.9 cm³/mol. The van der Waals surface area contributed by atoms with E-state index in [0.29, 0.717) is 17.6 Å². The normalized spacial score (nSPS) is 14.4. The number of hydrogen-bond donors (Lipinski definition) is 0. The largest absolute Gasteiger partial charge is 0.412 e. The molecule has 0 fully saturated rings. The van der Waals surface area contributed by atoms with Crippen molar-refractivity contribution < 1.29 is 13.2 Å². The Morgan fingerprint density at radius 2 is 2.00 bits per heavy atom. The van der Waals surface area contributed by atoms with Crippen molar-refractivity contribution in [2.75, 3.05) is 0 Å². The van der Waals surface area contributed by atoms with Gasteiger partial charge in [-0.05, 0) is 43.5 Å². The summed E-state index contributed by atoms with van der Waals surface area (Å²) in [7, 11) is 0. The summed E-state index contributed by atoms with van der Waals surface area (Å²) in [5.74, 6) is 0. The summed E-state index contributed by atoms with van der Waals surface area (Å²) in [5, 5.41) is 0. The van der Waals surface area contributed by atoms with Crippen LogP contribution in [0.2, 0.25) is 0 Å². The van der Waals surface area contributed by atoms with Crippen molar-refractivity contribution in [3.05, 3.63) is 47.3 Å². The SMILES string of the molecule is CC/C(C)=C(/C=C(\C)C(F)(F)F)c1cccnc1. The summed E-state index contributed by atoms with van der Waals surface area (Å²) < 4.78 is 37.8. The number of alkyl halides is 3. The van der Waals surface area contributed by atoms with Gasteiger partial charge in [0.15, 0.2) is 0 Å². The minimum Gasteiger partial charge on any atom is -0.264 e. The molecule has 0 aliphatic carbocycles. The Morgan fingerprint density at radius 1 is 1.33 bits per heavy atom. The maximum Gasteiger partial charge on any atom is 0.412 e. The third-order valence-corrected chi connectivity index (χ3v) is 2.77. The second-order valence-corrected chi connectivity index (χ2v) is 4.11. The summed E-state index contributed by atoms with van der Waals surface area (Å²) in [6.07, 6.45) is 0.778. The van der Waals surface area contributed by atoms with Gasteiger partial charge in [-0.1, -0.05) is 18.6 Å². The van der Waals surface area contributed by atoms with Crippen LogP contribution in [0.4, 0.5) is 13.2 Å². The number of pyridine rings is 1. The molecule has 0 N–H and O–H groups in total. The van der Waals surface area contributed by atoms with E-state index >= 15 is 0 Å². The topological polar surface area (TPSA) is 12.9 Å². The Labute approximate surface area is 105 Å². The molecule has 0 radical (unpaired) electrons. The van der Waals surface area contributed by atoms with Crippen LogP contribution in [0.3, 0.4) is 0 Å². The van der Waals surface area contributed by atoms with Crippen molar-refractivity contribution in [2.24, 2.45) is 0 Å². The van der Waals surface area contributed by atoms with Crippen molar-refractivity contribution in [2.45, 2.75) is 33.4 Å². The minimum absolute atomic E-state index is 0.598. The van der Waals surface area contributed by atoms with Crippen molar-refractivity contribution in [3.8, 4) is 0 Å². The average Bonchev–Trinajstić information content (AvgIpc) is 2.34. The van der Waals surface area contributed by atoms with Crippen molar-refractivity contribution in [1.82, 2.24) is 4.98 Å². The Hall–Kier alpha value is -1.58. The van der Waals surface area contributed by atoms with Crippen LogP contribution in [0, 0.1) is 0 Å². The fourth-order valence-electron chi connectivity index (χ4n) is 1.46. The Balaban J connectivity index is 3.27. The monoisotopic (exact) mass is 255 g/mol. The molecule has 1 heterocycles. The van der Waals surface area contributed by atoms with E-state index < -0.39 is 11.7 Å². The van der Waals surface area contributed by atoms with Gasteiger partial charge in [-0.3, -0.25) is 4.98 Å². The third-order valence-electron chi connectivity index (χ3n) is 2.77. The Bertz CT molecular complexity index is 456. The summed E-state index contributed by atoms with van der Waals surface area (Å²) in [6.45, 7) is 4.84. The molecule has 0 atom stereocenters. The Morgan fingerprint density at radius 3 is 2.44 bits per heavy atom. The number of rotatable bonds is 3. The van der Waals surface area contributed by atoms with Crippen LogP contribution < -0.4 is 0 Å². The number of hydrogen-bond acceptors (Lipinski definition) is 1. The van der Waals surface area contributed by atoms with Gasteiger partial charge in [-0.25, -0.2) is 0 Å². The summed E-state index contributed by atoms with van der Waals surface area (Å²) in [4.78, 5) is 3.95. The lowest BCUT2D eigenvalue weighted by atomic mass is 9.98. The molecule has 1 aromatic heterocycles. The molecule has 98 valence electrons. The lowest BCUT2D eigenvalue weighted by molar-refractivity contribution is -0.0912. The van der Waals surface area contributed by atoms with E-state index in [2.05, 4.69) is 4.98 Å². The molecule has 0 aromatic carbocycles. The van der Waals surface area contributed by atoms with E-state index in [1.165, 1.54) is 6.08 Å². The van der Waals surface area contributed by atoms with E-state index in [9.17, 15) is 13.2 Å². The summed E-state index contributed by atoms with van der Waals surface area (Å²) >= 11 is 0. The van der Waals surface area contributed by atoms with Crippen LogP contribution in [0.15, 0.2) is 41.7 Å². The molecule has 1 aromatic rings. The minimum atomic E-state index is -4.29. The first-order chi connectivity index (χ1) is 8.36. The van der Waals surface area contributed by atoms with Crippen LogP contribution >= 0.6 is 0 Å². The molecule has 0 spiro atoms. The first kappa shape index (κ1) is 14.5. The van der Waals surface area contributed by atoms with E-state index in [1.54, 1.807) is 24.5 Å². The second-order valence-electron chi connectivity index (χ2n) is 4.11. The molecule has 0 saturated carbocycles. The predicted octanol–water partition coefficient (Wildman–Crippen LogP) is 4.77. The molecule has 0 aliphatic rings. The van der Waals surface area contributed by atoms with Gasteiger partial charge < -0.3 is 0 Å². The second kappa shape index (κ2) is 5.85. The van der Waals surface area contributed by atoms with Gasteiger partial charge in [0, 0.05) is 18.0 Å². The zero-order valence-electron chi connectivity index (χ0n) is 10.7. The van der Waals surface area contributed by atoms with Gasteiger partial charge >= 0.3 is 6.18 Å². The fourth-order valence-corrected chi connectivity index (χ4v) is 1.46. The molecule has 0 amide bonds. The first-order valence-electron chi connectivity index (χ1n) is 5.72. The maximum absolute atomic E-state index is 12.6. The molecule has 1 rings (SSSR count). The summed E-state index contributed by atoms with van der Waals surface area (Å²) in [6, 6.07) is 3.48. The lowest BCUT2D eigenvalue weighted by Gasteiger charge is -2.11. The molecular formula is C14H16F3N. The molecular weight excluding hydrogens is 239 g/mol. The van der Waals surface area contributed by atoms with Crippen LogP contribution in [-0.2, 0) is 0 Å². The van der Waals surface area contributed by atoms with Gasteiger partial charge in [-0.2, -0.15) is 13.2 Å². The zero-order chi connectivity index (χ0) is 13.8. The quantitative estimate of drug-likeness (QED) is 0.709. The van der Waals surface area contributed by atoms with Crippen LogP contribution in [0.25, 0.3) is 5.57 Å². The molecule has 0 saturated heterocycles. The van der Waals surface area contributed by atoms with E-state index in [4.69, 9.17) is 0 Å². The van der Waals surface area contributed by atoms with Gasteiger partial charge in [0.05, 0.1) is 0 Å². The standard InChI is InChI=1S/C14H16F3N/c1-4-10(2)13(8-11(3)14(15,16)17)12-6-5-7-18-9-12/h5-9H,4H2,1-3H3/b11-8+,13-10-. The zero-order valence-corrected chi connectivity index (χ0v) is 10.7. The molecule has 0 unspecified atom stereocenters. The number of allylic oxidation sites excluding steroid dienone is 4. The van der Waals surface area contributed by atoms with Crippen LogP contribution in [-0.4, -0.2) is 11.2 Å².